The number of carboxylic acids is 1. The Labute approximate surface area is 103 Å². The summed E-state index contributed by atoms with van der Waals surface area (Å²) in [4.78, 5) is 11.1. The third-order valence-corrected chi connectivity index (χ3v) is 2.55. The van der Waals surface area contributed by atoms with Crippen molar-refractivity contribution < 1.29 is 15.0 Å². The Kier molecular flexibility index (Phi) is 3.01. The Morgan fingerprint density at radius 1 is 1.28 bits per heavy atom. The minimum atomic E-state index is -1.09. The molecule has 0 amide bonds. The Balaban J connectivity index is 2.57. The van der Waals surface area contributed by atoms with Crippen molar-refractivity contribution in [3.05, 3.63) is 35.7 Å². The van der Waals surface area contributed by atoms with Crippen LogP contribution in [0.5, 0.6) is 5.75 Å². The van der Waals surface area contributed by atoms with Crippen molar-refractivity contribution in [3.8, 4) is 11.4 Å². The molecule has 6 heteroatoms. The van der Waals surface area contributed by atoms with Crippen molar-refractivity contribution in [2.45, 2.75) is 19.8 Å². The van der Waals surface area contributed by atoms with E-state index in [2.05, 4.69) is 10.3 Å². The summed E-state index contributed by atoms with van der Waals surface area (Å²) in [6.45, 7) is 3.75. The molecule has 18 heavy (non-hydrogen) atoms. The maximum Gasteiger partial charge on any atom is 0.358 e. The first-order valence-corrected chi connectivity index (χ1v) is 5.49. The van der Waals surface area contributed by atoms with Crippen LogP contribution in [-0.4, -0.2) is 31.2 Å². The van der Waals surface area contributed by atoms with E-state index in [0.29, 0.717) is 11.4 Å². The number of carbonyl (C=O) groups is 1. The first kappa shape index (κ1) is 12.1. The molecule has 0 unspecified atom stereocenters. The fraction of sp³-hybridized carbons (Fsp3) is 0.250. The van der Waals surface area contributed by atoms with E-state index < -0.39 is 5.97 Å². The number of nitrogens with zero attached hydrogens (tertiary/aromatic N) is 3. The maximum atomic E-state index is 11.1. The summed E-state index contributed by atoms with van der Waals surface area (Å²) >= 11 is 0. The van der Waals surface area contributed by atoms with Crippen LogP contribution in [0.4, 0.5) is 0 Å². The quantitative estimate of drug-likeness (QED) is 0.863. The predicted molar refractivity (Wildman–Crippen MR) is 64.1 cm³/mol. The van der Waals surface area contributed by atoms with E-state index in [1.165, 1.54) is 16.8 Å². The molecule has 2 rings (SSSR count). The van der Waals surface area contributed by atoms with Crippen molar-refractivity contribution in [2.24, 2.45) is 0 Å². The van der Waals surface area contributed by atoms with Crippen molar-refractivity contribution in [3.63, 3.8) is 0 Å². The summed E-state index contributed by atoms with van der Waals surface area (Å²) in [5, 5.41) is 25.8. The SMILES string of the molecule is CC(C)c1c(C(=O)O)nnn1-c1ccc(O)cc1. The zero-order valence-electron chi connectivity index (χ0n) is 10.0. The number of benzene rings is 1. The fourth-order valence-corrected chi connectivity index (χ4v) is 1.74. The standard InChI is InChI=1S/C12H13N3O3/c1-7(2)11-10(12(17)18)13-14-15(11)8-3-5-9(16)6-4-8/h3-7,16H,1-2H3,(H,17,18). The minimum absolute atomic E-state index is 0.0279. The van der Waals surface area contributed by atoms with Gasteiger partial charge in [0.05, 0.1) is 11.4 Å². The van der Waals surface area contributed by atoms with E-state index in [1.807, 2.05) is 13.8 Å². The van der Waals surface area contributed by atoms with Gasteiger partial charge in [0.1, 0.15) is 5.75 Å². The van der Waals surface area contributed by atoms with Crippen LogP contribution in [0.15, 0.2) is 24.3 Å². The van der Waals surface area contributed by atoms with Gasteiger partial charge in [-0.05, 0) is 30.2 Å². The number of phenols is 1. The van der Waals surface area contributed by atoms with Gasteiger partial charge in [0.25, 0.3) is 0 Å². The fourth-order valence-electron chi connectivity index (χ4n) is 1.74. The lowest BCUT2D eigenvalue weighted by Gasteiger charge is -2.09. The maximum absolute atomic E-state index is 11.1. The van der Waals surface area contributed by atoms with E-state index in [9.17, 15) is 9.90 Å². The number of hydrogen-bond acceptors (Lipinski definition) is 4. The van der Waals surface area contributed by atoms with Gasteiger partial charge in [0.15, 0.2) is 5.69 Å². The molecule has 94 valence electrons. The van der Waals surface area contributed by atoms with Gasteiger partial charge in [0.2, 0.25) is 0 Å². The van der Waals surface area contributed by atoms with E-state index in [1.54, 1.807) is 12.1 Å². The van der Waals surface area contributed by atoms with Crippen LogP contribution in [0.25, 0.3) is 5.69 Å². The van der Waals surface area contributed by atoms with Crippen molar-refractivity contribution in [1.82, 2.24) is 15.0 Å². The number of aromatic nitrogens is 3. The molecule has 1 heterocycles. The van der Waals surface area contributed by atoms with Gasteiger partial charge in [-0.2, -0.15) is 0 Å². The lowest BCUT2D eigenvalue weighted by Crippen LogP contribution is -2.08. The lowest BCUT2D eigenvalue weighted by molar-refractivity contribution is 0.0688. The van der Waals surface area contributed by atoms with E-state index in [-0.39, 0.29) is 17.4 Å². The highest BCUT2D eigenvalue weighted by molar-refractivity contribution is 5.86. The normalized spacial score (nSPS) is 10.8. The van der Waals surface area contributed by atoms with Gasteiger partial charge in [0, 0.05) is 0 Å². The number of carboxylic acid groups (broad SMARTS) is 1. The van der Waals surface area contributed by atoms with Crippen LogP contribution in [0.3, 0.4) is 0 Å². The zero-order valence-corrected chi connectivity index (χ0v) is 10.0. The summed E-state index contributed by atoms with van der Waals surface area (Å²) in [6, 6.07) is 6.34. The third kappa shape index (κ3) is 2.04. The van der Waals surface area contributed by atoms with E-state index >= 15 is 0 Å². The molecule has 0 aliphatic rings. The highest BCUT2D eigenvalue weighted by atomic mass is 16.4. The molecule has 0 bridgehead atoms. The van der Waals surface area contributed by atoms with Crippen LogP contribution in [0.1, 0.15) is 35.9 Å². The van der Waals surface area contributed by atoms with Crippen molar-refractivity contribution >= 4 is 5.97 Å². The van der Waals surface area contributed by atoms with E-state index in [0.717, 1.165) is 0 Å². The van der Waals surface area contributed by atoms with Crippen LogP contribution in [0, 0.1) is 0 Å². The molecule has 0 radical (unpaired) electrons. The number of rotatable bonds is 3. The van der Waals surface area contributed by atoms with Crippen molar-refractivity contribution in [1.29, 1.82) is 0 Å². The second kappa shape index (κ2) is 4.48. The second-order valence-corrected chi connectivity index (χ2v) is 4.21. The van der Waals surface area contributed by atoms with Gasteiger partial charge in [-0.25, -0.2) is 9.48 Å². The summed E-state index contributed by atoms with van der Waals surface area (Å²) in [5.74, 6) is -0.980. The molecule has 1 aromatic carbocycles. The van der Waals surface area contributed by atoms with Crippen molar-refractivity contribution in [2.75, 3.05) is 0 Å². The predicted octanol–water partition coefficient (Wildman–Crippen LogP) is 1.79. The average molecular weight is 247 g/mol. The number of aromatic hydroxyl groups is 1. The highest BCUT2D eigenvalue weighted by Gasteiger charge is 2.22. The first-order chi connectivity index (χ1) is 8.50. The molecular formula is C12H13N3O3. The molecule has 0 saturated heterocycles. The van der Waals surface area contributed by atoms with Gasteiger partial charge in [-0.1, -0.05) is 19.1 Å². The topological polar surface area (TPSA) is 88.2 Å². The van der Waals surface area contributed by atoms with Gasteiger partial charge in [-0.15, -0.1) is 5.10 Å². The molecular weight excluding hydrogens is 234 g/mol. The molecule has 0 aliphatic heterocycles. The van der Waals surface area contributed by atoms with Crippen LogP contribution < -0.4 is 0 Å². The molecule has 1 aromatic heterocycles. The average Bonchev–Trinajstić information content (AvgIpc) is 2.74. The molecule has 0 fully saturated rings. The minimum Gasteiger partial charge on any atom is -0.508 e. The summed E-state index contributed by atoms with van der Waals surface area (Å²) in [5.41, 5.74) is 1.16. The summed E-state index contributed by atoms with van der Waals surface area (Å²) in [6.07, 6.45) is 0. The smallest absolute Gasteiger partial charge is 0.358 e. The first-order valence-electron chi connectivity index (χ1n) is 5.49. The third-order valence-electron chi connectivity index (χ3n) is 2.55. The van der Waals surface area contributed by atoms with E-state index in [4.69, 9.17) is 5.11 Å². The van der Waals surface area contributed by atoms with Gasteiger partial charge < -0.3 is 10.2 Å². The number of phenolic OH excluding ortho intramolecular Hbond substituents is 1. The Bertz CT molecular complexity index is 573. The Morgan fingerprint density at radius 3 is 2.39 bits per heavy atom. The zero-order chi connectivity index (χ0) is 13.3. The Hall–Kier alpha value is -2.37. The van der Waals surface area contributed by atoms with Gasteiger partial charge in [-0.3, -0.25) is 0 Å². The summed E-state index contributed by atoms with van der Waals surface area (Å²) in [7, 11) is 0. The van der Waals surface area contributed by atoms with Crippen LogP contribution in [-0.2, 0) is 0 Å². The molecule has 0 saturated carbocycles. The second-order valence-electron chi connectivity index (χ2n) is 4.21. The van der Waals surface area contributed by atoms with Crippen LogP contribution in [0.2, 0.25) is 0 Å². The summed E-state index contributed by atoms with van der Waals surface area (Å²) < 4.78 is 1.48. The molecule has 0 aliphatic carbocycles. The Morgan fingerprint density at radius 2 is 1.89 bits per heavy atom. The molecule has 0 spiro atoms. The highest BCUT2D eigenvalue weighted by Crippen LogP contribution is 2.22. The monoisotopic (exact) mass is 247 g/mol. The lowest BCUT2D eigenvalue weighted by atomic mass is 10.1. The molecule has 0 atom stereocenters. The van der Waals surface area contributed by atoms with Gasteiger partial charge >= 0.3 is 5.97 Å². The molecule has 2 aromatic rings. The number of aromatic carboxylic acids is 1. The number of hydrogen-bond donors (Lipinski definition) is 2. The molecule has 2 N–H and O–H groups in total. The van der Waals surface area contributed by atoms with Crippen LogP contribution >= 0.6 is 0 Å². The largest absolute Gasteiger partial charge is 0.508 e. The molecule has 6 nitrogen and oxygen atoms in total.